The Labute approximate surface area is 150 Å². The van der Waals surface area contributed by atoms with E-state index in [0.717, 1.165) is 32.1 Å². The lowest BCUT2D eigenvalue weighted by Crippen LogP contribution is -2.42. The van der Waals surface area contributed by atoms with Gasteiger partial charge in [-0.3, -0.25) is 4.79 Å². The monoisotopic (exact) mass is 364 g/mol. The van der Waals surface area contributed by atoms with Crippen LogP contribution in [0.1, 0.15) is 56.3 Å². The molecule has 138 valence electrons. The minimum atomic E-state index is -3.49. The molecule has 0 spiro atoms. The molecule has 1 amide bonds. The molecular weight excluding hydrogens is 336 g/mol. The number of rotatable bonds is 4. The number of carbonyl (C=O) groups is 1. The number of amides is 1. The van der Waals surface area contributed by atoms with Crippen LogP contribution in [0.15, 0.2) is 29.2 Å². The van der Waals surface area contributed by atoms with Gasteiger partial charge in [0, 0.05) is 24.7 Å². The zero-order valence-corrected chi connectivity index (χ0v) is 15.9. The van der Waals surface area contributed by atoms with Gasteiger partial charge in [0.1, 0.15) is 0 Å². The van der Waals surface area contributed by atoms with Crippen LogP contribution in [-0.4, -0.2) is 37.8 Å². The lowest BCUT2D eigenvalue weighted by atomic mass is 9.94. The molecule has 1 aromatic rings. The molecule has 2 fully saturated rings. The summed E-state index contributed by atoms with van der Waals surface area (Å²) in [6.45, 7) is 5.32. The number of nitrogens with zero attached hydrogens (tertiary/aromatic N) is 1. The van der Waals surface area contributed by atoms with E-state index in [1.165, 1.54) is 0 Å². The number of sulfonamides is 1. The minimum Gasteiger partial charge on any atom is -0.349 e. The van der Waals surface area contributed by atoms with Crippen molar-refractivity contribution in [1.82, 2.24) is 9.62 Å². The summed E-state index contributed by atoms with van der Waals surface area (Å²) >= 11 is 0. The van der Waals surface area contributed by atoms with Gasteiger partial charge in [-0.25, -0.2) is 8.42 Å². The maximum Gasteiger partial charge on any atom is 0.251 e. The van der Waals surface area contributed by atoms with Crippen LogP contribution in [0.25, 0.3) is 0 Å². The topological polar surface area (TPSA) is 66.5 Å². The number of benzene rings is 1. The maximum atomic E-state index is 12.9. The van der Waals surface area contributed by atoms with E-state index < -0.39 is 10.0 Å². The predicted octanol–water partition coefficient (Wildman–Crippen LogP) is 3.03. The molecule has 1 aromatic carbocycles. The summed E-state index contributed by atoms with van der Waals surface area (Å²) in [5.74, 6) is 0.626. The minimum absolute atomic E-state index is 0.115. The van der Waals surface area contributed by atoms with E-state index >= 15 is 0 Å². The van der Waals surface area contributed by atoms with Gasteiger partial charge in [0.25, 0.3) is 5.91 Å². The van der Waals surface area contributed by atoms with Gasteiger partial charge in [-0.2, -0.15) is 4.31 Å². The van der Waals surface area contributed by atoms with E-state index in [0.29, 0.717) is 30.5 Å². The van der Waals surface area contributed by atoms with E-state index in [2.05, 4.69) is 19.2 Å². The second-order valence-corrected chi connectivity index (χ2v) is 9.69. The molecule has 1 aliphatic carbocycles. The van der Waals surface area contributed by atoms with Gasteiger partial charge in [0.2, 0.25) is 10.0 Å². The van der Waals surface area contributed by atoms with E-state index in [9.17, 15) is 13.2 Å². The van der Waals surface area contributed by atoms with Gasteiger partial charge < -0.3 is 5.32 Å². The third-order valence-electron chi connectivity index (χ3n) is 5.28. The highest BCUT2D eigenvalue weighted by molar-refractivity contribution is 7.89. The van der Waals surface area contributed by atoms with E-state index in [1.54, 1.807) is 28.6 Å². The van der Waals surface area contributed by atoms with Crippen molar-refractivity contribution in [2.24, 2.45) is 11.8 Å². The van der Waals surface area contributed by atoms with Crippen LogP contribution < -0.4 is 5.32 Å². The van der Waals surface area contributed by atoms with Gasteiger partial charge in [-0.1, -0.05) is 26.7 Å². The highest BCUT2D eigenvalue weighted by Gasteiger charge is 2.31. The van der Waals surface area contributed by atoms with Gasteiger partial charge in [0.15, 0.2) is 0 Å². The summed E-state index contributed by atoms with van der Waals surface area (Å²) in [4.78, 5) is 12.5. The van der Waals surface area contributed by atoms with Crippen molar-refractivity contribution in [3.63, 3.8) is 0 Å². The smallest absolute Gasteiger partial charge is 0.251 e. The molecule has 1 saturated carbocycles. The molecule has 0 aromatic heterocycles. The van der Waals surface area contributed by atoms with Crippen LogP contribution in [0.3, 0.4) is 0 Å². The molecule has 0 bridgehead atoms. The molecule has 1 saturated heterocycles. The zero-order chi connectivity index (χ0) is 18.0. The number of hydrogen-bond donors (Lipinski definition) is 1. The number of nitrogens with one attached hydrogen (secondary N) is 1. The molecule has 25 heavy (non-hydrogen) atoms. The Morgan fingerprint density at radius 2 is 1.60 bits per heavy atom. The largest absolute Gasteiger partial charge is 0.349 e. The van der Waals surface area contributed by atoms with Crippen LogP contribution >= 0.6 is 0 Å². The first-order valence-corrected chi connectivity index (χ1v) is 10.7. The first kappa shape index (κ1) is 18.4. The lowest BCUT2D eigenvalue weighted by Gasteiger charge is -2.34. The Morgan fingerprint density at radius 3 is 2.16 bits per heavy atom. The van der Waals surface area contributed by atoms with Crippen molar-refractivity contribution in [3.8, 4) is 0 Å². The summed E-state index contributed by atoms with van der Waals surface area (Å²) in [5, 5.41) is 3.03. The van der Waals surface area contributed by atoms with Gasteiger partial charge in [-0.15, -0.1) is 0 Å². The third kappa shape index (κ3) is 4.23. The van der Waals surface area contributed by atoms with Gasteiger partial charge in [-0.05, 0) is 55.4 Å². The third-order valence-corrected chi connectivity index (χ3v) is 7.13. The van der Waals surface area contributed by atoms with E-state index in [-0.39, 0.29) is 16.8 Å². The summed E-state index contributed by atoms with van der Waals surface area (Å²) in [6.07, 6.45) is 5.45. The number of carbonyl (C=O) groups excluding carboxylic acids is 1. The quantitative estimate of drug-likeness (QED) is 0.893. The second-order valence-electron chi connectivity index (χ2n) is 7.75. The van der Waals surface area contributed by atoms with Crippen molar-refractivity contribution < 1.29 is 13.2 Å². The van der Waals surface area contributed by atoms with Crippen molar-refractivity contribution >= 4 is 15.9 Å². The molecule has 2 aliphatic rings. The van der Waals surface area contributed by atoms with Crippen LogP contribution in [0, 0.1) is 11.8 Å². The fourth-order valence-corrected chi connectivity index (χ4v) is 5.75. The van der Waals surface area contributed by atoms with Crippen LogP contribution in [0.5, 0.6) is 0 Å². The second kappa shape index (κ2) is 7.46. The molecule has 1 N–H and O–H groups in total. The van der Waals surface area contributed by atoms with Crippen LogP contribution in [0.4, 0.5) is 0 Å². The SMILES string of the molecule is C[C@H]1C[C@H](C)CN(S(=O)(=O)c2ccc(C(=O)NC3CCCC3)cc2)C1. The number of piperidine rings is 1. The Bertz CT molecular complexity index is 699. The summed E-state index contributed by atoms with van der Waals surface area (Å²) in [5.41, 5.74) is 0.520. The molecule has 3 rings (SSSR count). The number of hydrogen-bond acceptors (Lipinski definition) is 3. The van der Waals surface area contributed by atoms with Crippen molar-refractivity contribution in [2.75, 3.05) is 13.1 Å². The predicted molar refractivity (Wildman–Crippen MR) is 97.9 cm³/mol. The molecule has 2 atom stereocenters. The summed E-state index contributed by atoms with van der Waals surface area (Å²) in [6, 6.07) is 6.61. The Kier molecular flexibility index (Phi) is 5.49. The van der Waals surface area contributed by atoms with E-state index in [4.69, 9.17) is 0 Å². The molecule has 0 radical (unpaired) electrons. The van der Waals surface area contributed by atoms with E-state index in [1.807, 2.05) is 0 Å². The molecular formula is C19H28N2O3S. The molecule has 0 unspecified atom stereocenters. The van der Waals surface area contributed by atoms with Crippen LogP contribution in [0.2, 0.25) is 0 Å². The molecule has 1 aliphatic heterocycles. The average molecular weight is 365 g/mol. The van der Waals surface area contributed by atoms with Gasteiger partial charge >= 0.3 is 0 Å². The summed E-state index contributed by atoms with van der Waals surface area (Å²) < 4.78 is 27.3. The Hall–Kier alpha value is -1.40. The average Bonchev–Trinajstić information content (AvgIpc) is 3.07. The molecule has 5 nitrogen and oxygen atoms in total. The van der Waals surface area contributed by atoms with Gasteiger partial charge in [0.05, 0.1) is 4.90 Å². The molecule has 1 heterocycles. The normalized spacial score (nSPS) is 25.8. The fourth-order valence-electron chi connectivity index (χ4n) is 4.07. The standard InChI is InChI=1S/C19H28N2O3S/c1-14-11-15(2)13-21(12-14)25(23,24)18-9-7-16(8-10-18)19(22)20-17-5-3-4-6-17/h7-10,14-15,17H,3-6,11-13H2,1-2H3,(H,20,22)/t14-,15-/m0/s1. The van der Waals surface area contributed by atoms with Crippen molar-refractivity contribution in [3.05, 3.63) is 29.8 Å². The van der Waals surface area contributed by atoms with Crippen molar-refractivity contribution in [1.29, 1.82) is 0 Å². The summed E-state index contributed by atoms with van der Waals surface area (Å²) in [7, 11) is -3.49. The fraction of sp³-hybridized carbons (Fsp3) is 0.632. The highest BCUT2D eigenvalue weighted by atomic mass is 32.2. The Morgan fingerprint density at radius 1 is 1.04 bits per heavy atom. The lowest BCUT2D eigenvalue weighted by molar-refractivity contribution is 0.0938. The molecule has 6 heteroatoms. The zero-order valence-electron chi connectivity index (χ0n) is 15.1. The highest BCUT2D eigenvalue weighted by Crippen LogP contribution is 2.27. The van der Waals surface area contributed by atoms with Crippen LogP contribution in [-0.2, 0) is 10.0 Å². The Balaban J connectivity index is 1.71. The first-order chi connectivity index (χ1) is 11.9. The maximum absolute atomic E-state index is 12.9. The van der Waals surface area contributed by atoms with Crippen molar-refractivity contribution in [2.45, 2.75) is 56.9 Å². The first-order valence-electron chi connectivity index (χ1n) is 9.27.